The van der Waals surface area contributed by atoms with E-state index in [1.165, 1.54) is 0 Å². The summed E-state index contributed by atoms with van der Waals surface area (Å²) in [7, 11) is 0. The first kappa shape index (κ1) is 13.5. The van der Waals surface area contributed by atoms with Crippen molar-refractivity contribution in [2.75, 3.05) is 19.7 Å². The summed E-state index contributed by atoms with van der Waals surface area (Å²) >= 11 is 0. The number of hydrogen-bond donors (Lipinski definition) is 2. The highest BCUT2D eigenvalue weighted by Gasteiger charge is 2.29. The summed E-state index contributed by atoms with van der Waals surface area (Å²) in [4.78, 5) is 14.0. The molecule has 1 rings (SSSR count). The van der Waals surface area contributed by atoms with Crippen molar-refractivity contribution in [3.8, 4) is 0 Å². The molecule has 0 spiro atoms. The van der Waals surface area contributed by atoms with Gasteiger partial charge in [0.1, 0.15) is 6.04 Å². The summed E-state index contributed by atoms with van der Waals surface area (Å²) in [5.74, 6) is 0.650. The molecule has 1 amide bonds. The number of aliphatic hydroxyl groups excluding tert-OH is 1. The molecule has 0 aromatic heterocycles. The van der Waals surface area contributed by atoms with Gasteiger partial charge in [-0.1, -0.05) is 13.8 Å². The average molecular weight is 228 g/mol. The monoisotopic (exact) mass is 228 g/mol. The van der Waals surface area contributed by atoms with Gasteiger partial charge in [0, 0.05) is 12.6 Å². The fraction of sp³-hybridized carbons (Fsp3) is 0.917. The maximum absolute atomic E-state index is 12.1. The van der Waals surface area contributed by atoms with Crippen molar-refractivity contribution < 1.29 is 9.90 Å². The van der Waals surface area contributed by atoms with Crippen LogP contribution in [0, 0.1) is 5.92 Å². The SMILES string of the molecule is CC(C)CCN1C(=O)C(CO)NCCC1C. The normalized spacial score (nSPS) is 27.3. The van der Waals surface area contributed by atoms with Gasteiger partial charge in [-0.05, 0) is 32.2 Å². The van der Waals surface area contributed by atoms with E-state index in [1.54, 1.807) is 0 Å². The molecular weight excluding hydrogens is 204 g/mol. The smallest absolute Gasteiger partial charge is 0.242 e. The first-order valence-corrected chi connectivity index (χ1v) is 6.21. The Bertz CT molecular complexity index is 231. The molecule has 0 aliphatic carbocycles. The second kappa shape index (κ2) is 6.21. The minimum absolute atomic E-state index is 0.0492. The Kier molecular flexibility index (Phi) is 5.22. The van der Waals surface area contributed by atoms with Crippen LogP contribution in [-0.2, 0) is 4.79 Å². The van der Waals surface area contributed by atoms with Crippen LogP contribution in [0.25, 0.3) is 0 Å². The summed E-state index contributed by atoms with van der Waals surface area (Å²) in [5.41, 5.74) is 0. The van der Waals surface area contributed by atoms with E-state index < -0.39 is 6.04 Å². The Hall–Kier alpha value is -0.610. The van der Waals surface area contributed by atoms with Crippen molar-refractivity contribution in [1.29, 1.82) is 0 Å². The topological polar surface area (TPSA) is 52.6 Å². The molecule has 0 bridgehead atoms. The van der Waals surface area contributed by atoms with E-state index in [4.69, 9.17) is 5.11 Å². The molecule has 0 saturated carbocycles. The van der Waals surface area contributed by atoms with Crippen LogP contribution in [0.15, 0.2) is 0 Å². The Morgan fingerprint density at radius 3 is 2.81 bits per heavy atom. The lowest BCUT2D eigenvalue weighted by molar-refractivity contribution is -0.135. The van der Waals surface area contributed by atoms with Gasteiger partial charge in [0.25, 0.3) is 0 Å². The molecule has 0 radical (unpaired) electrons. The quantitative estimate of drug-likeness (QED) is 0.741. The van der Waals surface area contributed by atoms with Gasteiger partial charge in [0.2, 0.25) is 5.91 Å². The van der Waals surface area contributed by atoms with Crippen LogP contribution in [0.1, 0.15) is 33.6 Å². The maximum Gasteiger partial charge on any atom is 0.242 e. The number of aliphatic hydroxyl groups is 1. The number of nitrogens with zero attached hydrogens (tertiary/aromatic N) is 1. The van der Waals surface area contributed by atoms with Crippen LogP contribution in [0.2, 0.25) is 0 Å². The number of nitrogens with one attached hydrogen (secondary N) is 1. The third-order valence-electron chi connectivity index (χ3n) is 3.20. The molecule has 2 unspecified atom stereocenters. The van der Waals surface area contributed by atoms with Crippen LogP contribution < -0.4 is 5.32 Å². The zero-order valence-electron chi connectivity index (χ0n) is 10.6. The lowest BCUT2D eigenvalue weighted by Gasteiger charge is -2.29. The van der Waals surface area contributed by atoms with Crippen molar-refractivity contribution in [2.45, 2.75) is 45.7 Å². The number of hydrogen-bond acceptors (Lipinski definition) is 3. The zero-order valence-corrected chi connectivity index (χ0v) is 10.6. The largest absolute Gasteiger partial charge is 0.394 e. The molecule has 0 aromatic carbocycles. The van der Waals surface area contributed by atoms with Gasteiger partial charge in [-0.25, -0.2) is 0 Å². The molecule has 0 aromatic rings. The predicted molar refractivity (Wildman–Crippen MR) is 64.1 cm³/mol. The van der Waals surface area contributed by atoms with Gasteiger partial charge in [0.15, 0.2) is 0 Å². The summed E-state index contributed by atoms with van der Waals surface area (Å²) in [6.07, 6.45) is 1.98. The Morgan fingerprint density at radius 1 is 1.56 bits per heavy atom. The minimum atomic E-state index is -0.405. The third kappa shape index (κ3) is 3.46. The molecule has 4 nitrogen and oxygen atoms in total. The van der Waals surface area contributed by atoms with Crippen LogP contribution in [0.3, 0.4) is 0 Å². The molecule has 1 saturated heterocycles. The minimum Gasteiger partial charge on any atom is -0.394 e. The summed E-state index contributed by atoms with van der Waals surface area (Å²) < 4.78 is 0. The van der Waals surface area contributed by atoms with E-state index in [-0.39, 0.29) is 18.6 Å². The van der Waals surface area contributed by atoms with Gasteiger partial charge in [-0.3, -0.25) is 4.79 Å². The second-order valence-corrected chi connectivity index (χ2v) is 5.04. The number of carbonyl (C=O) groups excluding carboxylic acids is 1. The lowest BCUT2D eigenvalue weighted by Crippen LogP contribution is -2.48. The van der Waals surface area contributed by atoms with Crippen molar-refractivity contribution in [2.24, 2.45) is 5.92 Å². The van der Waals surface area contributed by atoms with Crippen molar-refractivity contribution in [3.05, 3.63) is 0 Å². The van der Waals surface area contributed by atoms with E-state index in [0.29, 0.717) is 5.92 Å². The van der Waals surface area contributed by atoms with Crippen molar-refractivity contribution in [3.63, 3.8) is 0 Å². The van der Waals surface area contributed by atoms with Gasteiger partial charge in [0.05, 0.1) is 6.61 Å². The summed E-state index contributed by atoms with van der Waals surface area (Å²) in [6.45, 7) is 7.90. The Balaban J connectivity index is 2.63. The van der Waals surface area contributed by atoms with Gasteiger partial charge < -0.3 is 15.3 Å². The predicted octanol–water partition coefficient (Wildman–Crippen LogP) is 0.604. The molecule has 2 N–H and O–H groups in total. The summed E-state index contributed by atoms with van der Waals surface area (Å²) in [5, 5.41) is 12.2. The molecule has 2 atom stereocenters. The highest BCUT2D eigenvalue weighted by Crippen LogP contribution is 2.13. The van der Waals surface area contributed by atoms with E-state index in [0.717, 1.165) is 25.9 Å². The van der Waals surface area contributed by atoms with Gasteiger partial charge in [-0.15, -0.1) is 0 Å². The molecule has 1 aliphatic rings. The van der Waals surface area contributed by atoms with E-state index in [2.05, 4.69) is 26.1 Å². The fourth-order valence-electron chi connectivity index (χ4n) is 2.00. The molecule has 1 heterocycles. The maximum atomic E-state index is 12.1. The van der Waals surface area contributed by atoms with Crippen LogP contribution >= 0.6 is 0 Å². The highest BCUT2D eigenvalue weighted by atomic mass is 16.3. The van der Waals surface area contributed by atoms with E-state index in [1.807, 2.05) is 4.90 Å². The highest BCUT2D eigenvalue weighted by molar-refractivity contribution is 5.82. The van der Waals surface area contributed by atoms with Crippen molar-refractivity contribution in [1.82, 2.24) is 10.2 Å². The van der Waals surface area contributed by atoms with Gasteiger partial charge in [-0.2, -0.15) is 0 Å². The first-order chi connectivity index (χ1) is 7.56. The zero-order chi connectivity index (χ0) is 12.1. The number of carbonyl (C=O) groups is 1. The number of amides is 1. The molecule has 16 heavy (non-hydrogen) atoms. The fourth-order valence-corrected chi connectivity index (χ4v) is 2.00. The molecular formula is C12H24N2O2. The van der Waals surface area contributed by atoms with Crippen LogP contribution in [0.5, 0.6) is 0 Å². The summed E-state index contributed by atoms with van der Waals surface area (Å²) in [6, 6.07) is -0.132. The second-order valence-electron chi connectivity index (χ2n) is 5.04. The van der Waals surface area contributed by atoms with Crippen LogP contribution in [0.4, 0.5) is 0 Å². The standard InChI is InChI=1S/C12H24N2O2/c1-9(2)5-7-14-10(3)4-6-13-11(8-15)12(14)16/h9-11,13,15H,4-8H2,1-3H3. The number of rotatable bonds is 4. The van der Waals surface area contributed by atoms with E-state index >= 15 is 0 Å². The molecule has 1 aliphatic heterocycles. The first-order valence-electron chi connectivity index (χ1n) is 6.21. The van der Waals surface area contributed by atoms with Crippen molar-refractivity contribution >= 4 is 5.91 Å². The molecule has 4 heteroatoms. The van der Waals surface area contributed by atoms with E-state index in [9.17, 15) is 4.79 Å². The Morgan fingerprint density at radius 2 is 2.25 bits per heavy atom. The average Bonchev–Trinajstić information content (AvgIpc) is 2.35. The Labute approximate surface area is 98.0 Å². The third-order valence-corrected chi connectivity index (χ3v) is 3.20. The molecule has 1 fully saturated rings. The molecule has 94 valence electrons. The lowest BCUT2D eigenvalue weighted by atomic mass is 10.1. The van der Waals surface area contributed by atoms with Gasteiger partial charge >= 0.3 is 0 Å². The van der Waals surface area contributed by atoms with Crippen LogP contribution in [-0.4, -0.2) is 47.7 Å².